The second kappa shape index (κ2) is 11.2. The van der Waals surface area contributed by atoms with Gasteiger partial charge in [0.25, 0.3) is 0 Å². The molecule has 0 aliphatic rings. The fourth-order valence-electron chi connectivity index (χ4n) is 1.57. The molecular weight excluding hydrogens is 346 g/mol. The highest BCUT2D eigenvalue weighted by Crippen LogP contribution is 2.28. The fraction of sp³-hybridized carbons (Fsp3) is 0.562. The molecule has 0 spiro atoms. The number of nitrogens with one attached hydrogen (secondary N) is 2. The van der Waals surface area contributed by atoms with Crippen molar-refractivity contribution >= 4 is 33.6 Å². The third-order valence-corrected chi connectivity index (χ3v) is 4.81. The lowest BCUT2D eigenvalue weighted by atomic mass is 10.2. The molecular formula is C16H25N3O3S2. The van der Waals surface area contributed by atoms with Crippen molar-refractivity contribution in [3.05, 3.63) is 24.4 Å². The van der Waals surface area contributed by atoms with Crippen LogP contribution in [0.3, 0.4) is 0 Å². The number of rotatable bonds is 9. The van der Waals surface area contributed by atoms with E-state index in [1.165, 1.54) is 0 Å². The lowest BCUT2D eigenvalue weighted by Gasteiger charge is -2.19. The van der Waals surface area contributed by atoms with Gasteiger partial charge in [0.1, 0.15) is 10.6 Å². The summed E-state index contributed by atoms with van der Waals surface area (Å²) in [5, 5.41) is 6.45. The number of amides is 2. The monoisotopic (exact) mass is 371 g/mol. The van der Waals surface area contributed by atoms with E-state index in [1.807, 2.05) is 39.0 Å². The first-order valence-corrected chi connectivity index (χ1v) is 10.1. The predicted octanol–water partition coefficient (Wildman–Crippen LogP) is 3.24. The van der Waals surface area contributed by atoms with Crippen molar-refractivity contribution in [3.63, 3.8) is 0 Å². The SMILES string of the molecule is CC(C)(C)OC(=O)NCCCC(=O)NCCSSc1ccccn1. The summed E-state index contributed by atoms with van der Waals surface area (Å²) >= 11 is 0. The van der Waals surface area contributed by atoms with Crippen LogP contribution >= 0.6 is 21.6 Å². The van der Waals surface area contributed by atoms with Crippen LogP contribution in [-0.2, 0) is 9.53 Å². The molecule has 134 valence electrons. The van der Waals surface area contributed by atoms with Gasteiger partial charge in [-0.3, -0.25) is 4.79 Å². The van der Waals surface area contributed by atoms with E-state index in [0.29, 0.717) is 25.9 Å². The Kier molecular flexibility index (Phi) is 9.63. The largest absolute Gasteiger partial charge is 0.444 e. The van der Waals surface area contributed by atoms with Crippen LogP contribution in [0.5, 0.6) is 0 Å². The maximum Gasteiger partial charge on any atom is 0.407 e. The summed E-state index contributed by atoms with van der Waals surface area (Å²) < 4.78 is 5.11. The molecule has 0 radical (unpaired) electrons. The first-order valence-electron chi connectivity index (χ1n) is 7.81. The minimum absolute atomic E-state index is 0.00979. The molecule has 0 aliphatic carbocycles. The Morgan fingerprint density at radius 1 is 1.21 bits per heavy atom. The normalized spacial score (nSPS) is 11.0. The number of hydrogen-bond acceptors (Lipinski definition) is 6. The molecule has 1 heterocycles. The first-order chi connectivity index (χ1) is 11.4. The van der Waals surface area contributed by atoms with Gasteiger partial charge >= 0.3 is 6.09 Å². The molecule has 2 amide bonds. The highest BCUT2D eigenvalue weighted by molar-refractivity contribution is 8.76. The second-order valence-electron chi connectivity index (χ2n) is 5.96. The van der Waals surface area contributed by atoms with Gasteiger partial charge in [-0.1, -0.05) is 16.9 Å². The van der Waals surface area contributed by atoms with E-state index in [0.717, 1.165) is 10.8 Å². The van der Waals surface area contributed by atoms with E-state index in [1.54, 1.807) is 27.8 Å². The van der Waals surface area contributed by atoms with Gasteiger partial charge in [0.2, 0.25) is 5.91 Å². The quantitative estimate of drug-likeness (QED) is 0.512. The van der Waals surface area contributed by atoms with Crippen LogP contribution in [-0.4, -0.2) is 41.4 Å². The molecule has 0 atom stereocenters. The van der Waals surface area contributed by atoms with Crippen LogP contribution in [0.4, 0.5) is 4.79 Å². The molecule has 0 saturated carbocycles. The van der Waals surface area contributed by atoms with Crippen molar-refractivity contribution in [2.75, 3.05) is 18.8 Å². The summed E-state index contributed by atoms with van der Waals surface area (Å²) in [5.74, 6) is 0.799. The molecule has 6 nitrogen and oxygen atoms in total. The Bertz CT molecular complexity index is 507. The number of nitrogens with zero attached hydrogens (tertiary/aromatic N) is 1. The van der Waals surface area contributed by atoms with Gasteiger partial charge in [-0.05, 0) is 50.1 Å². The smallest absolute Gasteiger partial charge is 0.407 e. The van der Waals surface area contributed by atoms with Gasteiger partial charge in [-0.2, -0.15) is 0 Å². The molecule has 1 rings (SSSR count). The van der Waals surface area contributed by atoms with Gasteiger partial charge in [-0.25, -0.2) is 9.78 Å². The van der Waals surface area contributed by atoms with Crippen molar-refractivity contribution in [1.29, 1.82) is 0 Å². The van der Waals surface area contributed by atoms with E-state index in [2.05, 4.69) is 15.6 Å². The minimum Gasteiger partial charge on any atom is -0.444 e. The number of carbonyl (C=O) groups is 2. The standard InChI is InChI=1S/C16H25N3O3S2/c1-16(2,3)22-15(21)19-10-6-7-13(20)17-11-12-23-24-14-8-4-5-9-18-14/h4-5,8-9H,6-7,10-12H2,1-3H3,(H,17,20)(H,19,21). The summed E-state index contributed by atoms with van der Waals surface area (Å²) in [4.78, 5) is 27.3. The van der Waals surface area contributed by atoms with Crippen molar-refractivity contribution in [1.82, 2.24) is 15.6 Å². The van der Waals surface area contributed by atoms with Crippen molar-refractivity contribution in [2.45, 2.75) is 44.2 Å². The van der Waals surface area contributed by atoms with Crippen LogP contribution in [0, 0.1) is 0 Å². The molecule has 8 heteroatoms. The number of ether oxygens (including phenoxy) is 1. The third kappa shape index (κ3) is 11.2. The van der Waals surface area contributed by atoms with Crippen molar-refractivity contribution < 1.29 is 14.3 Å². The van der Waals surface area contributed by atoms with Gasteiger partial charge in [0.15, 0.2) is 0 Å². The number of hydrogen-bond donors (Lipinski definition) is 2. The zero-order valence-electron chi connectivity index (χ0n) is 14.3. The molecule has 0 saturated heterocycles. The molecule has 0 aromatic carbocycles. The van der Waals surface area contributed by atoms with Crippen molar-refractivity contribution in [3.8, 4) is 0 Å². The number of carbonyl (C=O) groups excluding carboxylic acids is 2. The van der Waals surface area contributed by atoms with Crippen LogP contribution in [0.15, 0.2) is 29.4 Å². The van der Waals surface area contributed by atoms with Gasteiger partial charge < -0.3 is 15.4 Å². The Labute approximate surface area is 151 Å². The lowest BCUT2D eigenvalue weighted by Crippen LogP contribution is -2.33. The minimum atomic E-state index is -0.508. The van der Waals surface area contributed by atoms with Crippen molar-refractivity contribution in [2.24, 2.45) is 0 Å². The predicted molar refractivity (Wildman–Crippen MR) is 99.0 cm³/mol. The van der Waals surface area contributed by atoms with Crippen LogP contribution in [0.1, 0.15) is 33.6 Å². The van der Waals surface area contributed by atoms with Crippen LogP contribution in [0.25, 0.3) is 0 Å². The van der Waals surface area contributed by atoms with Crippen LogP contribution < -0.4 is 10.6 Å². The molecule has 1 aromatic heterocycles. The molecule has 0 aliphatic heterocycles. The Balaban J connectivity index is 1.97. The van der Waals surface area contributed by atoms with E-state index in [9.17, 15) is 9.59 Å². The van der Waals surface area contributed by atoms with Gasteiger partial charge in [0, 0.05) is 31.5 Å². The third-order valence-electron chi connectivity index (χ3n) is 2.54. The Morgan fingerprint density at radius 3 is 2.67 bits per heavy atom. The average molecular weight is 372 g/mol. The summed E-state index contributed by atoms with van der Waals surface area (Å²) in [6.45, 7) is 6.47. The van der Waals surface area contributed by atoms with E-state index in [4.69, 9.17) is 4.74 Å². The summed E-state index contributed by atoms with van der Waals surface area (Å²) in [6.07, 6.45) is 2.27. The zero-order valence-corrected chi connectivity index (χ0v) is 16.0. The topological polar surface area (TPSA) is 80.3 Å². The molecule has 0 bridgehead atoms. The summed E-state index contributed by atoms with van der Waals surface area (Å²) in [5.41, 5.74) is -0.508. The highest BCUT2D eigenvalue weighted by atomic mass is 33.1. The fourth-order valence-corrected chi connectivity index (χ4v) is 3.36. The van der Waals surface area contributed by atoms with Gasteiger partial charge in [-0.15, -0.1) is 0 Å². The number of alkyl carbamates (subject to hydrolysis) is 1. The Hall–Kier alpha value is -1.41. The molecule has 0 unspecified atom stereocenters. The number of pyridine rings is 1. The first kappa shape index (κ1) is 20.6. The highest BCUT2D eigenvalue weighted by Gasteiger charge is 2.15. The average Bonchev–Trinajstić information content (AvgIpc) is 2.50. The van der Waals surface area contributed by atoms with Gasteiger partial charge in [0.05, 0.1) is 0 Å². The second-order valence-corrected chi connectivity index (χ2v) is 8.39. The molecule has 0 fully saturated rings. The van der Waals surface area contributed by atoms with E-state index < -0.39 is 11.7 Å². The lowest BCUT2D eigenvalue weighted by molar-refractivity contribution is -0.121. The molecule has 2 N–H and O–H groups in total. The molecule has 1 aromatic rings. The summed E-state index contributed by atoms with van der Waals surface area (Å²) in [6, 6.07) is 5.78. The van der Waals surface area contributed by atoms with E-state index >= 15 is 0 Å². The maximum atomic E-state index is 11.7. The van der Waals surface area contributed by atoms with Crippen LogP contribution in [0.2, 0.25) is 0 Å². The molecule has 24 heavy (non-hydrogen) atoms. The Morgan fingerprint density at radius 2 is 2.00 bits per heavy atom. The zero-order chi connectivity index (χ0) is 17.8. The maximum absolute atomic E-state index is 11.7. The van der Waals surface area contributed by atoms with E-state index in [-0.39, 0.29) is 5.91 Å². The number of aromatic nitrogens is 1. The summed E-state index contributed by atoms with van der Waals surface area (Å²) in [7, 11) is 3.25.